The molecule has 1 fully saturated rings. The molecule has 0 aromatic carbocycles. The van der Waals surface area contributed by atoms with E-state index in [0.717, 1.165) is 16.5 Å². The fourth-order valence-corrected chi connectivity index (χ4v) is 3.33. The van der Waals surface area contributed by atoms with Gasteiger partial charge in [0.05, 0.1) is 5.69 Å². The molecule has 3 nitrogen and oxygen atoms in total. The van der Waals surface area contributed by atoms with Crippen LogP contribution in [0.4, 0.5) is 0 Å². The normalized spacial score (nSPS) is 17.6. The summed E-state index contributed by atoms with van der Waals surface area (Å²) >= 11 is 1.83. The molecule has 0 unspecified atom stereocenters. The van der Waals surface area contributed by atoms with E-state index in [0.29, 0.717) is 11.8 Å². The molecule has 0 radical (unpaired) electrons. The first-order valence-corrected chi connectivity index (χ1v) is 6.87. The third kappa shape index (κ3) is 3.19. The van der Waals surface area contributed by atoms with Gasteiger partial charge in [0.1, 0.15) is 0 Å². The van der Waals surface area contributed by atoms with E-state index in [1.165, 1.54) is 32.1 Å². The second kappa shape index (κ2) is 5.64. The number of rotatable bonds is 3. The minimum Gasteiger partial charge on any atom is -0.325 e. The molecule has 1 aliphatic rings. The molecule has 1 aliphatic carbocycles. The molecule has 0 amide bonds. The zero-order valence-electron chi connectivity index (χ0n) is 9.78. The molecule has 1 saturated carbocycles. The van der Waals surface area contributed by atoms with E-state index in [9.17, 15) is 0 Å². The average Bonchev–Trinajstić information content (AvgIpc) is 2.29. The predicted octanol–water partition coefficient (Wildman–Crippen LogP) is 2.67. The molecule has 1 heterocycles. The van der Waals surface area contributed by atoms with Crippen LogP contribution in [0.1, 0.15) is 43.5 Å². The highest BCUT2D eigenvalue weighted by Crippen LogP contribution is 2.31. The van der Waals surface area contributed by atoms with Crippen molar-refractivity contribution in [3.8, 4) is 0 Å². The van der Waals surface area contributed by atoms with Crippen molar-refractivity contribution >= 4 is 11.8 Å². The largest absolute Gasteiger partial charge is 0.325 e. The molecule has 16 heavy (non-hydrogen) atoms. The van der Waals surface area contributed by atoms with E-state index in [1.54, 1.807) is 0 Å². The molecular formula is C12H19N3S. The van der Waals surface area contributed by atoms with Crippen LogP contribution in [0.15, 0.2) is 11.2 Å². The maximum Gasteiger partial charge on any atom is 0.188 e. The number of nitrogens with two attached hydrogens (primary N) is 1. The first-order chi connectivity index (χ1) is 7.78. The fourth-order valence-electron chi connectivity index (χ4n) is 2.09. The lowest BCUT2D eigenvalue weighted by Crippen LogP contribution is -2.10. The van der Waals surface area contributed by atoms with Crippen molar-refractivity contribution in [2.45, 2.75) is 56.0 Å². The van der Waals surface area contributed by atoms with Crippen LogP contribution < -0.4 is 5.73 Å². The van der Waals surface area contributed by atoms with Gasteiger partial charge < -0.3 is 5.73 Å². The van der Waals surface area contributed by atoms with Gasteiger partial charge in [0.25, 0.3) is 0 Å². The smallest absolute Gasteiger partial charge is 0.188 e. The maximum atomic E-state index is 5.62. The Hall–Kier alpha value is -0.610. The third-order valence-electron chi connectivity index (χ3n) is 2.92. The van der Waals surface area contributed by atoms with Crippen LogP contribution in [0.25, 0.3) is 0 Å². The Morgan fingerprint density at radius 2 is 2.06 bits per heavy atom. The number of hydrogen-bond acceptors (Lipinski definition) is 4. The van der Waals surface area contributed by atoms with Gasteiger partial charge >= 0.3 is 0 Å². The van der Waals surface area contributed by atoms with E-state index in [1.807, 2.05) is 24.8 Å². The summed E-state index contributed by atoms with van der Waals surface area (Å²) in [4.78, 5) is 8.95. The summed E-state index contributed by atoms with van der Waals surface area (Å²) < 4.78 is 0. The van der Waals surface area contributed by atoms with Crippen molar-refractivity contribution in [3.05, 3.63) is 17.5 Å². The van der Waals surface area contributed by atoms with E-state index in [-0.39, 0.29) is 0 Å². The van der Waals surface area contributed by atoms with Crippen molar-refractivity contribution in [1.29, 1.82) is 0 Å². The molecule has 0 saturated heterocycles. The standard InChI is InChI=1S/C12H19N3S/c1-9-7-10(8-13)15-12(14-9)16-11-5-3-2-4-6-11/h7,11H,2-6,8,13H2,1H3. The van der Waals surface area contributed by atoms with Crippen molar-refractivity contribution < 1.29 is 0 Å². The van der Waals surface area contributed by atoms with Crippen molar-refractivity contribution in [2.75, 3.05) is 0 Å². The second-order valence-corrected chi connectivity index (χ2v) is 5.63. The van der Waals surface area contributed by atoms with Crippen LogP contribution in [0.3, 0.4) is 0 Å². The SMILES string of the molecule is Cc1cc(CN)nc(SC2CCCCC2)n1. The monoisotopic (exact) mass is 237 g/mol. The minimum absolute atomic E-state index is 0.502. The molecule has 0 spiro atoms. The minimum atomic E-state index is 0.502. The maximum absolute atomic E-state index is 5.62. The number of aromatic nitrogens is 2. The molecule has 2 N–H and O–H groups in total. The number of thioether (sulfide) groups is 1. The molecule has 1 aromatic rings. The van der Waals surface area contributed by atoms with Gasteiger partial charge in [0.2, 0.25) is 0 Å². The van der Waals surface area contributed by atoms with Gasteiger partial charge in [0, 0.05) is 17.5 Å². The number of hydrogen-bond donors (Lipinski definition) is 1. The van der Waals surface area contributed by atoms with Crippen LogP contribution in [-0.4, -0.2) is 15.2 Å². The van der Waals surface area contributed by atoms with Gasteiger partial charge in [-0.15, -0.1) is 0 Å². The molecule has 88 valence electrons. The molecule has 2 rings (SSSR count). The highest BCUT2D eigenvalue weighted by atomic mass is 32.2. The predicted molar refractivity (Wildman–Crippen MR) is 67.4 cm³/mol. The molecule has 0 atom stereocenters. The zero-order valence-corrected chi connectivity index (χ0v) is 10.6. The summed E-state index contributed by atoms with van der Waals surface area (Å²) in [5.41, 5.74) is 7.59. The highest BCUT2D eigenvalue weighted by Gasteiger charge is 2.16. The van der Waals surface area contributed by atoms with E-state index < -0.39 is 0 Å². The Morgan fingerprint density at radius 3 is 2.75 bits per heavy atom. The first kappa shape index (κ1) is 11.9. The van der Waals surface area contributed by atoms with Gasteiger partial charge in [-0.1, -0.05) is 31.0 Å². The molecule has 0 bridgehead atoms. The summed E-state index contributed by atoms with van der Waals surface area (Å²) in [6.45, 7) is 2.51. The number of aryl methyl sites for hydroxylation is 1. The topological polar surface area (TPSA) is 51.8 Å². The van der Waals surface area contributed by atoms with Crippen LogP contribution in [0.2, 0.25) is 0 Å². The third-order valence-corrected chi connectivity index (χ3v) is 4.12. The van der Waals surface area contributed by atoms with Crippen LogP contribution in [-0.2, 0) is 6.54 Å². The summed E-state index contributed by atoms with van der Waals surface area (Å²) in [6.07, 6.45) is 6.71. The summed E-state index contributed by atoms with van der Waals surface area (Å²) in [6, 6.07) is 1.96. The second-order valence-electron chi connectivity index (χ2n) is 4.37. The Labute approximate surface area is 101 Å². The van der Waals surface area contributed by atoms with Gasteiger partial charge in [-0.3, -0.25) is 0 Å². The molecule has 0 aliphatic heterocycles. The highest BCUT2D eigenvalue weighted by molar-refractivity contribution is 7.99. The Morgan fingerprint density at radius 1 is 1.31 bits per heavy atom. The van der Waals surface area contributed by atoms with E-state index in [4.69, 9.17) is 5.73 Å². The van der Waals surface area contributed by atoms with Crippen LogP contribution in [0.5, 0.6) is 0 Å². The Kier molecular flexibility index (Phi) is 4.18. The van der Waals surface area contributed by atoms with Gasteiger partial charge in [-0.05, 0) is 25.8 Å². The average molecular weight is 237 g/mol. The van der Waals surface area contributed by atoms with Crippen LogP contribution in [0, 0.1) is 6.92 Å². The van der Waals surface area contributed by atoms with Crippen LogP contribution >= 0.6 is 11.8 Å². The lowest BCUT2D eigenvalue weighted by molar-refractivity contribution is 0.515. The van der Waals surface area contributed by atoms with E-state index in [2.05, 4.69) is 9.97 Å². The lowest BCUT2D eigenvalue weighted by Gasteiger charge is -2.20. The Balaban J connectivity index is 2.04. The van der Waals surface area contributed by atoms with Gasteiger partial charge in [-0.25, -0.2) is 9.97 Å². The number of nitrogens with zero attached hydrogens (tertiary/aromatic N) is 2. The first-order valence-electron chi connectivity index (χ1n) is 5.99. The van der Waals surface area contributed by atoms with Gasteiger partial charge in [-0.2, -0.15) is 0 Å². The molecule has 1 aromatic heterocycles. The Bertz CT molecular complexity index is 348. The fraction of sp³-hybridized carbons (Fsp3) is 0.667. The molecular weight excluding hydrogens is 218 g/mol. The summed E-state index contributed by atoms with van der Waals surface area (Å²) in [7, 11) is 0. The van der Waals surface area contributed by atoms with Gasteiger partial charge in [0.15, 0.2) is 5.16 Å². The van der Waals surface area contributed by atoms with Crippen molar-refractivity contribution in [1.82, 2.24) is 9.97 Å². The van der Waals surface area contributed by atoms with Crippen molar-refractivity contribution in [3.63, 3.8) is 0 Å². The van der Waals surface area contributed by atoms with Crippen molar-refractivity contribution in [2.24, 2.45) is 5.73 Å². The lowest BCUT2D eigenvalue weighted by atomic mass is 10.0. The molecule has 4 heteroatoms. The van der Waals surface area contributed by atoms with E-state index >= 15 is 0 Å². The summed E-state index contributed by atoms with van der Waals surface area (Å²) in [5, 5.41) is 1.62. The zero-order chi connectivity index (χ0) is 11.4. The quantitative estimate of drug-likeness (QED) is 0.821. The summed E-state index contributed by atoms with van der Waals surface area (Å²) in [5.74, 6) is 0.